The molecule has 0 spiro atoms. The van der Waals surface area contributed by atoms with Crippen LogP contribution >= 0.6 is 0 Å². The van der Waals surface area contributed by atoms with Crippen LogP contribution in [-0.4, -0.2) is 51.2 Å². The van der Waals surface area contributed by atoms with Crippen LogP contribution in [0.15, 0.2) is 70.8 Å². The summed E-state index contributed by atoms with van der Waals surface area (Å²) < 4.78 is 67.2. The van der Waals surface area contributed by atoms with Crippen LogP contribution in [0, 0.1) is 0 Å². The van der Waals surface area contributed by atoms with Crippen LogP contribution in [-0.2, 0) is 24.1 Å². The fourth-order valence-electron chi connectivity index (χ4n) is 5.62. The zero-order valence-electron chi connectivity index (χ0n) is 21.5. The van der Waals surface area contributed by atoms with E-state index in [0.717, 1.165) is 23.5 Å². The maximum atomic E-state index is 14.3. The van der Waals surface area contributed by atoms with Crippen molar-refractivity contribution >= 4 is 5.95 Å². The zero-order valence-corrected chi connectivity index (χ0v) is 21.5. The number of hydrogen-bond donors (Lipinski definition) is 1. The normalized spacial score (nSPS) is 18.5. The molecule has 0 bridgehead atoms. The molecule has 1 fully saturated rings. The van der Waals surface area contributed by atoms with Crippen molar-refractivity contribution in [2.45, 2.75) is 37.4 Å². The van der Waals surface area contributed by atoms with Crippen molar-refractivity contribution < 1.29 is 23.4 Å². The minimum Gasteiger partial charge on any atom is -0.338 e. The monoisotopic (exact) mass is 558 g/mol. The molecule has 0 amide bonds. The largest absolute Gasteiger partial charge is 0.419 e. The van der Waals surface area contributed by atoms with Crippen LogP contribution in [0.5, 0.6) is 0 Å². The van der Waals surface area contributed by atoms with E-state index in [9.17, 15) is 26.7 Å². The number of piperazine rings is 1. The molecule has 3 aromatic rings. The van der Waals surface area contributed by atoms with Crippen molar-refractivity contribution in [3.05, 3.63) is 104 Å². The third-order valence-corrected chi connectivity index (χ3v) is 7.85. The lowest BCUT2D eigenvalue weighted by atomic mass is 9.93. The van der Waals surface area contributed by atoms with Gasteiger partial charge in [0.1, 0.15) is 0 Å². The van der Waals surface area contributed by atoms with E-state index < -0.39 is 35.2 Å². The first-order valence-corrected chi connectivity index (χ1v) is 12.9. The summed E-state index contributed by atoms with van der Waals surface area (Å²) in [6.07, 6.45) is 1.07. The van der Waals surface area contributed by atoms with E-state index in [-0.39, 0.29) is 19.3 Å². The van der Waals surface area contributed by atoms with Gasteiger partial charge in [0.05, 0.1) is 22.4 Å². The molecule has 3 heterocycles. The molecule has 6 rings (SSSR count). The van der Waals surface area contributed by atoms with E-state index in [4.69, 9.17) is 0 Å². The number of alkyl halides is 5. The van der Waals surface area contributed by atoms with Crippen molar-refractivity contribution in [1.29, 1.82) is 0 Å². The average Bonchev–Trinajstić information content (AvgIpc) is 3.44. The van der Waals surface area contributed by atoms with Gasteiger partial charge in [-0.1, -0.05) is 43.3 Å². The van der Waals surface area contributed by atoms with E-state index in [1.165, 1.54) is 24.1 Å². The number of H-pyrrole nitrogens is 1. The molecule has 40 heavy (non-hydrogen) atoms. The molecule has 12 heteroatoms. The molecule has 3 aliphatic rings. The third kappa shape index (κ3) is 4.30. The van der Waals surface area contributed by atoms with Crippen LogP contribution in [0.3, 0.4) is 0 Å². The maximum absolute atomic E-state index is 14.3. The number of rotatable bonds is 7. The predicted octanol–water partition coefficient (Wildman–Crippen LogP) is 4.81. The lowest BCUT2D eigenvalue weighted by Gasteiger charge is -2.41. The van der Waals surface area contributed by atoms with Crippen LogP contribution < -0.4 is 10.5 Å². The average molecular weight is 559 g/mol. The van der Waals surface area contributed by atoms with Crippen molar-refractivity contribution in [2.24, 2.45) is 0 Å². The molecule has 2 aliphatic carbocycles. The summed E-state index contributed by atoms with van der Waals surface area (Å²) in [6, 6.07) is 9.07. The Morgan fingerprint density at radius 1 is 1.00 bits per heavy atom. The number of halogens is 5. The Morgan fingerprint density at radius 2 is 1.68 bits per heavy atom. The SMILES string of the molecule is CCC(F)(F)c1cc(Cc2cccc(C3(N4CCN(c5ncc(C(F)(F)F)cn5)CC4)C4=C3C=C4)c2)n[nH]c1=O.[HH]. The highest BCUT2D eigenvalue weighted by Crippen LogP contribution is 2.63. The molecule has 1 N–H and O–H groups in total. The Balaban J connectivity index is 0.00000337. The molecule has 0 atom stereocenters. The number of hydrogen-bond acceptors (Lipinski definition) is 6. The molecule has 1 aromatic carbocycles. The summed E-state index contributed by atoms with van der Waals surface area (Å²) >= 11 is 0. The zero-order chi connectivity index (χ0) is 28.3. The molecular weight excluding hydrogens is 531 g/mol. The summed E-state index contributed by atoms with van der Waals surface area (Å²) in [6.45, 7) is 3.69. The lowest BCUT2D eigenvalue weighted by Crippen LogP contribution is -2.52. The highest BCUT2D eigenvalue weighted by atomic mass is 19.4. The number of benzene rings is 1. The third-order valence-electron chi connectivity index (χ3n) is 7.85. The molecule has 1 aliphatic heterocycles. The van der Waals surface area contributed by atoms with E-state index in [1.807, 2.05) is 29.2 Å². The van der Waals surface area contributed by atoms with Gasteiger partial charge in [0.25, 0.3) is 11.5 Å². The molecule has 1 saturated heterocycles. The Morgan fingerprint density at radius 3 is 2.27 bits per heavy atom. The van der Waals surface area contributed by atoms with Crippen molar-refractivity contribution in [3.8, 4) is 0 Å². The topological polar surface area (TPSA) is 78.0 Å². The van der Waals surface area contributed by atoms with Gasteiger partial charge >= 0.3 is 6.18 Å². The van der Waals surface area contributed by atoms with Gasteiger partial charge in [-0.3, -0.25) is 9.69 Å². The fraction of sp³-hybridized carbons (Fsp3) is 0.357. The minimum atomic E-state index is -4.48. The summed E-state index contributed by atoms with van der Waals surface area (Å²) in [5, 5.41) is 6.20. The van der Waals surface area contributed by atoms with Crippen LogP contribution in [0.2, 0.25) is 0 Å². The highest BCUT2D eigenvalue weighted by molar-refractivity contribution is 5.77. The second-order valence-corrected chi connectivity index (χ2v) is 10.2. The lowest BCUT2D eigenvalue weighted by molar-refractivity contribution is -0.138. The van der Waals surface area contributed by atoms with Gasteiger partial charge in [0, 0.05) is 52.8 Å². The molecule has 0 saturated carbocycles. The van der Waals surface area contributed by atoms with E-state index in [2.05, 4.69) is 37.2 Å². The fourth-order valence-corrected chi connectivity index (χ4v) is 5.62. The molecule has 7 nitrogen and oxygen atoms in total. The minimum absolute atomic E-state index is 0. The van der Waals surface area contributed by atoms with E-state index in [1.54, 1.807) is 0 Å². The molecule has 0 radical (unpaired) electrons. The first kappa shape index (κ1) is 26.3. The van der Waals surface area contributed by atoms with Crippen LogP contribution in [0.25, 0.3) is 0 Å². The number of aromatic nitrogens is 4. The molecule has 0 unspecified atom stereocenters. The van der Waals surface area contributed by atoms with Crippen molar-refractivity contribution in [2.75, 3.05) is 31.1 Å². The number of anilines is 1. The second-order valence-electron chi connectivity index (χ2n) is 10.2. The summed E-state index contributed by atoms with van der Waals surface area (Å²) in [7, 11) is 0. The van der Waals surface area contributed by atoms with E-state index in [0.29, 0.717) is 31.9 Å². The number of aromatic amines is 1. The summed E-state index contributed by atoms with van der Waals surface area (Å²) in [4.78, 5) is 24.1. The Bertz CT molecular complexity index is 1560. The van der Waals surface area contributed by atoms with Crippen LogP contribution in [0.4, 0.5) is 27.9 Å². The number of nitrogens with zero attached hydrogens (tertiary/aromatic N) is 5. The first-order valence-electron chi connectivity index (χ1n) is 12.9. The van der Waals surface area contributed by atoms with Gasteiger partial charge in [-0.25, -0.2) is 23.8 Å². The number of nitrogens with one attached hydrogen (secondary N) is 1. The summed E-state index contributed by atoms with van der Waals surface area (Å²) in [5.41, 5.74) is 1.95. The van der Waals surface area contributed by atoms with Gasteiger partial charge < -0.3 is 4.90 Å². The van der Waals surface area contributed by atoms with E-state index >= 15 is 0 Å². The van der Waals surface area contributed by atoms with Crippen molar-refractivity contribution in [1.82, 2.24) is 25.1 Å². The molecule has 210 valence electrons. The Labute approximate surface area is 227 Å². The standard InChI is InChI=1S/C28H25F5N6O.H2/c1-2-26(29,30)23-14-20(36-37-24(23)40)13-17-4-3-5-18(12-17)27(21-6-7-22(21)27)39-10-8-38(9-11-39)25-34-15-19(16-35-25)28(31,32)33;/h3-7,12,14-16H,2,8-11,13H2,1H3,(H,37,40);1H. The smallest absolute Gasteiger partial charge is 0.338 e. The van der Waals surface area contributed by atoms with Gasteiger partial charge in [0.15, 0.2) is 0 Å². The quantitative estimate of drug-likeness (QED) is 0.420. The van der Waals surface area contributed by atoms with Gasteiger partial charge in [-0.2, -0.15) is 18.3 Å². The van der Waals surface area contributed by atoms with Gasteiger partial charge in [-0.05, 0) is 28.3 Å². The predicted molar refractivity (Wildman–Crippen MR) is 139 cm³/mol. The van der Waals surface area contributed by atoms with Gasteiger partial charge in [0.2, 0.25) is 5.95 Å². The van der Waals surface area contributed by atoms with Crippen LogP contribution in [0.1, 0.15) is 42.7 Å². The van der Waals surface area contributed by atoms with Crippen molar-refractivity contribution in [3.63, 3.8) is 0 Å². The second kappa shape index (κ2) is 9.33. The Kier molecular flexibility index (Phi) is 6.13. The molecule has 2 aromatic heterocycles. The highest BCUT2D eigenvalue weighted by Gasteiger charge is 2.59. The molecular formula is C28H27F5N6O. The summed E-state index contributed by atoms with van der Waals surface area (Å²) in [5.74, 6) is -2.97. The maximum Gasteiger partial charge on any atom is 0.419 e. The first-order chi connectivity index (χ1) is 19.0. The Hall–Kier alpha value is -3.93. The van der Waals surface area contributed by atoms with Gasteiger partial charge in [-0.15, -0.1) is 0 Å².